The molecule has 4 nitrogen and oxygen atoms in total. The molecule has 15 heavy (non-hydrogen) atoms. The van der Waals surface area contributed by atoms with Crippen molar-refractivity contribution < 1.29 is 4.79 Å². The van der Waals surface area contributed by atoms with E-state index < -0.39 is 0 Å². The molecule has 2 aromatic rings. The molecule has 0 aliphatic heterocycles. The van der Waals surface area contributed by atoms with E-state index in [1.807, 2.05) is 0 Å². The van der Waals surface area contributed by atoms with Gasteiger partial charge in [-0.1, -0.05) is 11.6 Å². The molecule has 6 heteroatoms. The molecule has 0 saturated carbocycles. The van der Waals surface area contributed by atoms with Crippen molar-refractivity contribution in [3.63, 3.8) is 0 Å². The first-order chi connectivity index (χ1) is 7.15. The molecule has 0 bridgehead atoms. The Morgan fingerprint density at radius 1 is 1.60 bits per heavy atom. The standard InChI is InChI=1S/C9H8ClN3OS/c10-9-2-1-8(15-9)7(14)5-13-4-6(11)3-12-13/h1-4H,5,11H2. The number of Topliss-reactive ketones (excluding diaryl/α,β-unsaturated/α-hetero) is 1. The van der Waals surface area contributed by atoms with Gasteiger partial charge < -0.3 is 5.73 Å². The maximum absolute atomic E-state index is 11.7. The molecule has 0 atom stereocenters. The third kappa shape index (κ3) is 2.37. The van der Waals surface area contributed by atoms with Gasteiger partial charge in [-0.15, -0.1) is 11.3 Å². The quantitative estimate of drug-likeness (QED) is 0.837. The molecule has 2 heterocycles. The molecule has 78 valence electrons. The maximum atomic E-state index is 11.7. The summed E-state index contributed by atoms with van der Waals surface area (Å²) in [6.07, 6.45) is 3.13. The third-order valence-electron chi connectivity index (χ3n) is 1.81. The molecule has 0 aliphatic rings. The van der Waals surface area contributed by atoms with Crippen LogP contribution in [0.2, 0.25) is 4.34 Å². The summed E-state index contributed by atoms with van der Waals surface area (Å²) < 4.78 is 2.11. The second kappa shape index (κ2) is 4.04. The monoisotopic (exact) mass is 241 g/mol. The number of nitrogen functional groups attached to an aromatic ring is 1. The fraction of sp³-hybridized carbons (Fsp3) is 0.111. The number of thiophene rings is 1. The van der Waals surface area contributed by atoms with Crippen LogP contribution in [0.3, 0.4) is 0 Å². The van der Waals surface area contributed by atoms with E-state index in [4.69, 9.17) is 17.3 Å². The number of hydrogen-bond acceptors (Lipinski definition) is 4. The van der Waals surface area contributed by atoms with Crippen molar-refractivity contribution in [3.8, 4) is 0 Å². The molecule has 0 aromatic carbocycles. The van der Waals surface area contributed by atoms with E-state index in [0.29, 0.717) is 14.9 Å². The van der Waals surface area contributed by atoms with Gasteiger partial charge in [0.05, 0.1) is 21.1 Å². The first-order valence-electron chi connectivity index (χ1n) is 4.21. The van der Waals surface area contributed by atoms with Crippen LogP contribution >= 0.6 is 22.9 Å². The van der Waals surface area contributed by atoms with Crippen molar-refractivity contribution in [3.05, 3.63) is 33.7 Å². The summed E-state index contributed by atoms with van der Waals surface area (Å²) in [4.78, 5) is 12.3. The van der Waals surface area contributed by atoms with Gasteiger partial charge in [0, 0.05) is 6.20 Å². The number of carbonyl (C=O) groups is 1. The Hall–Kier alpha value is -1.33. The van der Waals surface area contributed by atoms with Gasteiger partial charge in [-0.05, 0) is 12.1 Å². The fourth-order valence-electron chi connectivity index (χ4n) is 1.16. The minimum Gasteiger partial charge on any atom is -0.396 e. The number of anilines is 1. The first kappa shape index (κ1) is 10.2. The molecule has 0 aliphatic carbocycles. The van der Waals surface area contributed by atoms with Crippen LogP contribution in [0.4, 0.5) is 5.69 Å². The summed E-state index contributed by atoms with van der Waals surface area (Å²) in [5.41, 5.74) is 6.03. The van der Waals surface area contributed by atoms with Crippen LogP contribution in [0.1, 0.15) is 9.67 Å². The van der Waals surface area contributed by atoms with Crippen molar-refractivity contribution in [1.29, 1.82) is 0 Å². The minimum absolute atomic E-state index is 0.0185. The molecule has 2 rings (SSSR count). The molecule has 2 N–H and O–H groups in total. The van der Waals surface area contributed by atoms with Gasteiger partial charge in [0.15, 0.2) is 5.78 Å². The smallest absolute Gasteiger partial charge is 0.194 e. The summed E-state index contributed by atoms with van der Waals surface area (Å²) in [5.74, 6) is -0.0185. The second-order valence-electron chi connectivity index (χ2n) is 3.00. The average molecular weight is 242 g/mol. The Balaban J connectivity index is 2.10. The second-order valence-corrected chi connectivity index (χ2v) is 4.71. The summed E-state index contributed by atoms with van der Waals surface area (Å²) in [5, 5.41) is 3.93. The van der Waals surface area contributed by atoms with Gasteiger partial charge in [-0.2, -0.15) is 5.10 Å². The molecule has 0 fully saturated rings. The fourth-order valence-corrected chi connectivity index (χ4v) is 2.13. The number of halogens is 1. The molecule has 0 saturated heterocycles. The molecule has 0 unspecified atom stereocenters. The van der Waals surface area contributed by atoms with Crippen LogP contribution in [0.15, 0.2) is 24.5 Å². The van der Waals surface area contributed by atoms with E-state index in [0.717, 1.165) is 0 Å². The number of nitrogens with two attached hydrogens (primary N) is 1. The predicted octanol–water partition coefficient (Wildman–Crippen LogP) is 2.06. The van der Waals surface area contributed by atoms with E-state index in [-0.39, 0.29) is 12.3 Å². The zero-order chi connectivity index (χ0) is 10.8. The highest BCUT2D eigenvalue weighted by atomic mass is 35.5. The van der Waals surface area contributed by atoms with Crippen LogP contribution in [0.25, 0.3) is 0 Å². The highest BCUT2D eigenvalue weighted by molar-refractivity contribution is 7.18. The Morgan fingerprint density at radius 2 is 2.40 bits per heavy atom. The van der Waals surface area contributed by atoms with Crippen LogP contribution in [0, 0.1) is 0 Å². The summed E-state index contributed by atoms with van der Waals surface area (Å²) in [7, 11) is 0. The third-order valence-corrected chi connectivity index (χ3v) is 3.08. The maximum Gasteiger partial charge on any atom is 0.194 e. The van der Waals surface area contributed by atoms with Crippen molar-refractivity contribution in [1.82, 2.24) is 9.78 Å². The lowest BCUT2D eigenvalue weighted by Gasteiger charge is -1.97. The van der Waals surface area contributed by atoms with Crippen LogP contribution in [-0.2, 0) is 6.54 Å². The van der Waals surface area contributed by atoms with Gasteiger partial charge in [-0.3, -0.25) is 9.48 Å². The molecule has 0 amide bonds. The van der Waals surface area contributed by atoms with E-state index in [1.54, 1.807) is 18.3 Å². The summed E-state index contributed by atoms with van der Waals surface area (Å²) in [6.45, 7) is 0.189. The zero-order valence-electron chi connectivity index (χ0n) is 7.68. The molecular weight excluding hydrogens is 234 g/mol. The largest absolute Gasteiger partial charge is 0.396 e. The lowest BCUT2D eigenvalue weighted by Crippen LogP contribution is -2.09. The van der Waals surface area contributed by atoms with E-state index in [2.05, 4.69) is 5.10 Å². The number of hydrogen-bond donors (Lipinski definition) is 1. The normalized spacial score (nSPS) is 10.5. The average Bonchev–Trinajstić information content (AvgIpc) is 2.75. The number of carbonyl (C=O) groups excluding carboxylic acids is 1. The van der Waals surface area contributed by atoms with Gasteiger partial charge >= 0.3 is 0 Å². The summed E-state index contributed by atoms with van der Waals surface area (Å²) >= 11 is 7.00. The first-order valence-corrected chi connectivity index (χ1v) is 5.41. The Bertz CT molecular complexity index is 491. The Labute approximate surface area is 95.3 Å². The van der Waals surface area contributed by atoms with Crippen molar-refractivity contribution >= 4 is 34.4 Å². The Morgan fingerprint density at radius 3 is 2.93 bits per heavy atom. The SMILES string of the molecule is Nc1cnn(CC(=O)c2ccc(Cl)s2)c1. The van der Waals surface area contributed by atoms with E-state index in [1.165, 1.54) is 22.2 Å². The highest BCUT2D eigenvalue weighted by Crippen LogP contribution is 2.22. The number of ketones is 1. The number of aromatic nitrogens is 2. The molecule has 0 radical (unpaired) electrons. The lowest BCUT2D eigenvalue weighted by molar-refractivity contribution is 0.0972. The van der Waals surface area contributed by atoms with Crippen LogP contribution in [-0.4, -0.2) is 15.6 Å². The number of rotatable bonds is 3. The molecular formula is C9H8ClN3OS. The van der Waals surface area contributed by atoms with Gasteiger partial charge in [0.2, 0.25) is 0 Å². The predicted molar refractivity (Wildman–Crippen MR) is 60.3 cm³/mol. The van der Waals surface area contributed by atoms with Gasteiger partial charge in [0.1, 0.15) is 6.54 Å². The number of nitrogens with zero attached hydrogens (tertiary/aromatic N) is 2. The van der Waals surface area contributed by atoms with E-state index in [9.17, 15) is 4.79 Å². The topological polar surface area (TPSA) is 60.9 Å². The van der Waals surface area contributed by atoms with Gasteiger partial charge in [0.25, 0.3) is 0 Å². The molecule has 2 aromatic heterocycles. The summed E-state index contributed by atoms with van der Waals surface area (Å²) in [6, 6.07) is 3.42. The zero-order valence-corrected chi connectivity index (χ0v) is 9.26. The minimum atomic E-state index is -0.0185. The van der Waals surface area contributed by atoms with Crippen LogP contribution < -0.4 is 5.73 Å². The van der Waals surface area contributed by atoms with Crippen molar-refractivity contribution in [2.45, 2.75) is 6.54 Å². The van der Waals surface area contributed by atoms with Gasteiger partial charge in [-0.25, -0.2) is 0 Å². The van der Waals surface area contributed by atoms with Crippen LogP contribution in [0.5, 0.6) is 0 Å². The Kier molecular flexibility index (Phi) is 2.75. The lowest BCUT2D eigenvalue weighted by atomic mass is 10.3. The van der Waals surface area contributed by atoms with Crippen molar-refractivity contribution in [2.24, 2.45) is 0 Å². The van der Waals surface area contributed by atoms with E-state index >= 15 is 0 Å². The van der Waals surface area contributed by atoms with Crippen molar-refractivity contribution in [2.75, 3.05) is 5.73 Å². The molecule has 0 spiro atoms. The highest BCUT2D eigenvalue weighted by Gasteiger charge is 2.09.